The van der Waals surface area contributed by atoms with Crippen LogP contribution in [0.3, 0.4) is 0 Å². The molecule has 0 N–H and O–H groups in total. The number of nitrogens with zero attached hydrogens (tertiary/aromatic N) is 2. The van der Waals surface area contributed by atoms with Gasteiger partial charge in [0.1, 0.15) is 0 Å². The highest BCUT2D eigenvalue weighted by Gasteiger charge is 2.24. The molecule has 24 heavy (non-hydrogen) atoms. The molecule has 1 aliphatic rings. The molecule has 1 aliphatic heterocycles. The number of benzene rings is 1. The van der Waals surface area contributed by atoms with E-state index in [4.69, 9.17) is 9.47 Å². The number of hydrogen-bond acceptors (Lipinski definition) is 5. The molecular weight excluding hydrogens is 312 g/mol. The Morgan fingerprint density at radius 1 is 1.46 bits per heavy atom. The fourth-order valence-electron chi connectivity index (χ4n) is 2.89. The molecule has 1 atom stereocenters. The highest BCUT2D eigenvalue weighted by molar-refractivity contribution is 5.95. The summed E-state index contributed by atoms with van der Waals surface area (Å²) in [5.74, 6) is -0.0639. The molecule has 1 heterocycles. The van der Waals surface area contributed by atoms with Crippen LogP contribution in [-0.4, -0.2) is 48.6 Å². The fourth-order valence-corrected chi connectivity index (χ4v) is 2.89. The van der Waals surface area contributed by atoms with E-state index >= 15 is 0 Å². The lowest BCUT2D eigenvalue weighted by molar-refractivity contribution is -0.385. The van der Waals surface area contributed by atoms with Gasteiger partial charge in [-0.3, -0.25) is 14.9 Å². The van der Waals surface area contributed by atoms with Gasteiger partial charge in [-0.25, -0.2) is 0 Å². The summed E-state index contributed by atoms with van der Waals surface area (Å²) in [5.41, 5.74) is 0.0977. The number of ether oxygens (including phenoxy) is 2. The Bertz CT molecular complexity index is 584. The molecule has 132 valence electrons. The Labute approximate surface area is 141 Å². The maximum absolute atomic E-state index is 12.8. The van der Waals surface area contributed by atoms with Gasteiger partial charge >= 0.3 is 5.69 Å². The van der Waals surface area contributed by atoms with E-state index < -0.39 is 4.92 Å². The molecular formula is C17H24N2O5. The molecule has 0 aliphatic carbocycles. The SMILES string of the molecule is CCCN(C[C@H]1CCCCO1)C(=O)c1ccc(OC)c([N+](=O)[O-])c1. The zero-order valence-electron chi connectivity index (χ0n) is 14.2. The van der Waals surface area contributed by atoms with Crippen LogP contribution in [0.25, 0.3) is 0 Å². The minimum atomic E-state index is -0.538. The third kappa shape index (κ3) is 4.44. The van der Waals surface area contributed by atoms with Crippen LogP contribution in [0.5, 0.6) is 5.75 Å². The van der Waals surface area contributed by atoms with Gasteiger partial charge in [0.15, 0.2) is 5.75 Å². The molecule has 1 aromatic rings. The van der Waals surface area contributed by atoms with Crippen molar-refractivity contribution in [1.29, 1.82) is 0 Å². The zero-order valence-corrected chi connectivity index (χ0v) is 14.2. The van der Waals surface area contributed by atoms with E-state index in [-0.39, 0.29) is 23.4 Å². The van der Waals surface area contributed by atoms with Crippen LogP contribution in [0, 0.1) is 10.1 Å². The van der Waals surface area contributed by atoms with E-state index in [2.05, 4.69) is 0 Å². The van der Waals surface area contributed by atoms with Gasteiger partial charge in [0.2, 0.25) is 0 Å². The van der Waals surface area contributed by atoms with Crippen molar-refractivity contribution in [2.45, 2.75) is 38.7 Å². The van der Waals surface area contributed by atoms with Crippen LogP contribution in [0.2, 0.25) is 0 Å². The van der Waals surface area contributed by atoms with E-state index in [0.717, 1.165) is 32.3 Å². The first-order valence-corrected chi connectivity index (χ1v) is 8.30. The van der Waals surface area contributed by atoms with E-state index in [1.165, 1.54) is 19.2 Å². The first-order chi connectivity index (χ1) is 11.6. The topological polar surface area (TPSA) is 81.9 Å². The van der Waals surface area contributed by atoms with E-state index in [0.29, 0.717) is 18.7 Å². The van der Waals surface area contributed by atoms with E-state index in [1.807, 2.05) is 6.92 Å². The van der Waals surface area contributed by atoms with Crippen molar-refractivity contribution >= 4 is 11.6 Å². The van der Waals surface area contributed by atoms with Crippen LogP contribution in [-0.2, 0) is 4.74 Å². The summed E-state index contributed by atoms with van der Waals surface area (Å²) in [5, 5.41) is 11.1. The maximum atomic E-state index is 12.8. The Morgan fingerprint density at radius 3 is 2.83 bits per heavy atom. The Hall–Kier alpha value is -2.15. The minimum Gasteiger partial charge on any atom is -0.490 e. The summed E-state index contributed by atoms with van der Waals surface area (Å²) in [6, 6.07) is 4.32. The largest absolute Gasteiger partial charge is 0.490 e. The predicted molar refractivity (Wildman–Crippen MR) is 89.4 cm³/mol. The second-order valence-corrected chi connectivity index (χ2v) is 5.88. The second kappa shape index (κ2) is 8.63. The van der Waals surface area contributed by atoms with Gasteiger partial charge in [0, 0.05) is 31.3 Å². The molecule has 1 saturated heterocycles. The number of nitro benzene ring substituents is 1. The van der Waals surface area contributed by atoms with Crippen LogP contribution >= 0.6 is 0 Å². The molecule has 0 radical (unpaired) electrons. The predicted octanol–water partition coefficient (Wildman–Crippen LogP) is 3.02. The van der Waals surface area contributed by atoms with Crippen molar-refractivity contribution in [2.75, 3.05) is 26.8 Å². The van der Waals surface area contributed by atoms with Gasteiger partial charge in [0.25, 0.3) is 5.91 Å². The summed E-state index contributed by atoms with van der Waals surface area (Å²) >= 11 is 0. The standard InChI is InChI=1S/C17H24N2O5/c1-3-9-18(12-14-6-4-5-10-24-14)17(20)13-7-8-16(23-2)15(11-13)19(21)22/h7-8,11,14H,3-6,9-10,12H2,1-2H3/t14-/m1/s1. The maximum Gasteiger partial charge on any atom is 0.311 e. The summed E-state index contributed by atoms with van der Waals surface area (Å²) in [6.07, 6.45) is 3.96. The average Bonchev–Trinajstić information content (AvgIpc) is 2.61. The molecule has 1 fully saturated rings. The van der Waals surface area contributed by atoms with Crippen LogP contribution in [0.15, 0.2) is 18.2 Å². The number of amides is 1. The summed E-state index contributed by atoms with van der Waals surface area (Å²) in [4.78, 5) is 25.1. The van der Waals surface area contributed by atoms with Crippen molar-refractivity contribution in [3.63, 3.8) is 0 Å². The first kappa shape index (κ1) is 18.2. The Kier molecular flexibility index (Phi) is 6.54. The minimum absolute atomic E-state index is 0.0440. The first-order valence-electron chi connectivity index (χ1n) is 8.30. The molecule has 7 nitrogen and oxygen atoms in total. The van der Waals surface area contributed by atoms with Gasteiger partial charge in [-0.2, -0.15) is 0 Å². The lowest BCUT2D eigenvalue weighted by Gasteiger charge is -2.30. The monoisotopic (exact) mass is 336 g/mol. The molecule has 1 amide bonds. The van der Waals surface area contributed by atoms with E-state index in [9.17, 15) is 14.9 Å². The molecule has 0 spiro atoms. The Morgan fingerprint density at radius 2 is 2.25 bits per heavy atom. The number of carbonyl (C=O) groups is 1. The lowest BCUT2D eigenvalue weighted by atomic mass is 10.1. The molecule has 0 aromatic heterocycles. The molecule has 0 bridgehead atoms. The molecule has 7 heteroatoms. The number of rotatable bonds is 7. The van der Waals surface area contributed by atoms with Crippen LogP contribution in [0.1, 0.15) is 43.0 Å². The van der Waals surface area contributed by atoms with Crippen molar-refractivity contribution in [1.82, 2.24) is 4.90 Å². The lowest BCUT2D eigenvalue weighted by Crippen LogP contribution is -2.40. The quantitative estimate of drug-likeness (QED) is 0.564. The van der Waals surface area contributed by atoms with Crippen molar-refractivity contribution in [3.05, 3.63) is 33.9 Å². The normalized spacial score (nSPS) is 17.3. The number of hydrogen-bond donors (Lipinski definition) is 0. The summed E-state index contributed by atoms with van der Waals surface area (Å²) in [6.45, 7) is 3.84. The van der Waals surface area contributed by atoms with Gasteiger partial charge in [-0.05, 0) is 37.8 Å². The van der Waals surface area contributed by atoms with Crippen LogP contribution < -0.4 is 4.74 Å². The van der Waals surface area contributed by atoms with Crippen molar-refractivity contribution < 1.29 is 19.2 Å². The molecule has 1 aromatic carbocycles. The smallest absolute Gasteiger partial charge is 0.311 e. The highest BCUT2D eigenvalue weighted by atomic mass is 16.6. The second-order valence-electron chi connectivity index (χ2n) is 5.88. The van der Waals surface area contributed by atoms with E-state index in [1.54, 1.807) is 11.0 Å². The Balaban J connectivity index is 2.19. The van der Waals surface area contributed by atoms with Crippen LogP contribution in [0.4, 0.5) is 5.69 Å². The van der Waals surface area contributed by atoms with Gasteiger partial charge < -0.3 is 14.4 Å². The van der Waals surface area contributed by atoms with Crippen molar-refractivity contribution in [3.8, 4) is 5.75 Å². The molecule has 0 unspecified atom stereocenters. The molecule has 0 saturated carbocycles. The zero-order chi connectivity index (χ0) is 17.5. The van der Waals surface area contributed by atoms with Gasteiger partial charge in [0.05, 0.1) is 18.1 Å². The number of nitro groups is 1. The van der Waals surface area contributed by atoms with Gasteiger partial charge in [-0.1, -0.05) is 6.92 Å². The number of carbonyl (C=O) groups excluding carboxylic acids is 1. The number of methoxy groups -OCH3 is 1. The third-order valence-corrected chi connectivity index (χ3v) is 4.10. The molecule has 2 rings (SSSR count). The third-order valence-electron chi connectivity index (χ3n) is 4.10. The van der Waals surface area contributed by atoms with Gasteiger partial charge in [-0.15, -0.1) is 0 Å². The average molecular weight is 336 g/mol. The fraction of sp³-hybridized carbons (Fsp3) is 0.588. The summed E-state index contributed by atoms with van der Waals surface area (Å²) < 4.78 is 10.7. The summed E-state index contributed by atoms with van der Waals surface area (Å²) in [7, 11) is 1.37. The highest BCUT2D eigenvalue weighted by Crippen LogP contribution is 2.28. The van der Waals surface area contributed by atoms with Crippen molar-refractivity contribution in [2.24, 2.45) is 0 Å².